The van der Waals surface area contributed by atoms with Crippen molar-refractivity contribution in [2.45, 2.75) is 44.4 Å². The molecule has 1 atom stereocenters. The molecule has 122 valence electrons. The van der Waals surface area contributed by atoms with Gasteiger partial charge in [-0.05, 0) is 62.7 Å². The van der Waals surface area contributed by atoms with Gasteiger partial charge in [-0.1, -0.05) is 0 Å². The SMILES string of the molecule is O=C(N[C@H](C1CCNCC1)C1CC(O)C1)c1ccc(CO)o1. The van der Waals surface area contributed by atoms with Crippen molar-refractivity contribution in [2.24, 2.45) is 11.8 Å². The first-order valence-corrected chi connectivity index (χ1v) is 8.06. The molecule has 0 unspecified atom stereocenters. The van der Waals surface area contributed by atoms with Crippen LogP contribution in [0, 0.1) is 11.8 Å². The van der Waals surface area contributed by atoms with E-state index in [4.69, 9.17) is 9.52 Å². The lowest BCUT2D eigenvalue weighted by Gasteiger charge is -2.43. The highest BCUT2D eigenvalue weighted by Crippen LogP contribution is 2.35. The second-order valence-corrected chi connectivity index (χ2v) is 6.40. The lowest BCUT2D eigenvalue weighted by molar-refractivity contribution is 0.00886. The fourth-order valence-corrected chi connectivity index (χ4v) is 3.55. The van der Waals surface area contributed by atoms with Gasteiger partial charge < -0.3 is 25.3 Å². The van der Waals surface area contributed by atoms with Gasteiger partial charge in [0.05, 0.1) is 6.10 Å². The molecule has 6 heteroatoms. The molecule has 0 spiro atoms. The molecule has 0 bridgehead atoms. The molecule has 22 heavy (non-hydrogen) atoms. The summed E-state index contributed by atoms with van der Waals surface area (Å²) in [6.07, 6.45) is 3.37. The Kier molecular flexibility index (Phi) is 4.81. The number of hydrogen-bond acceptors (Lipinski definition) is 5. The zero-order valence-corrected chi connectivity index (χ0v) is 12.6. The van der Waals surface area contributed by atoms with Crippen molar-refractivity contribution in [3.05, 3.63) is 23.7 Å². The molecule has 1 saturated carbocycles. The molecule has 1 aliphatic carbocycles. The lowest BCUT2D eigenvalue weighted by atomic mass is 9.71. The van der Waals surface area contributed by atoms with Crippen LogP contribution in [0.15, 0.2) is 16.5 Å². The average Bonchev–Trinajstić information content (AvgIpc) is 3.00. The summed E-state index contributed by atoms with van der Waals surface area (Å²) in [6.45, 7) is 1.74. The Hall–Kier alpha value is -1.37. The van der Waals surface area contributed by atoms with Gasteiger partial charge in [0.1, 0.15) is 12.4 Å². The van der Waals surface area contributed by atoms with Crippen molar-refractivity contribution in [1.82, 2.24) is 10.6 Å². The van der Waals surface area contributed by atoms with Crippen LogP contribution in [-0.4, -0.2) is 41.4 Å². The van der Waals surface area contributed by atoms with Gasteiger partial charge in [0.25, 0.3) is 5.91 Å². The Labute approximate surface area is 129 Å². The standard InChI is InChI=1S/C16H24N2O4/c19-9-13-1-2-14(22-13)16(21)18-15(11-7-12(20)8-11)10-3-5-17-6-4-10/h1-2,10-12,15,17,19-20H,3-9H2,(H,18,21)/t11?,12?,15-/m1/s1. The smallest absolute Gasteiger partial charge is 0.287 e. The highest BCUT2D eigenvalue weighted by atomic mass is 16.4. The monoisotopic (exact) mass is 308 g/mol. The first-order valence-electron chi connectivity index (χ1n) is 8.06. The van der Waals surface area contributed by atoms with E-state index in [9.17, 15) is 9.90 Å². The molecule has 1 amide bonds. The van der Waals surface area contributed by atoms with Crippen molar-refractivity contribution < 1.29 is 19.4 Å². The molecule has 3 rings (SSSR count). The first-order chi connectivity index (χ1) is 10.7. The van der Waals surface area contributed by atoms with E-state index in [0.717, 1.165) is 38.8 Å². The van der Waals surface area contributed by atoms with Gasteiger partial charge in [-0.2, -0.15) is 0 Å². The minimum atomic E-state index is -0.232. The number of furan rings is 1. The van der Waals surface area contributed by atoms with E-state index in [0.29, 0.717) is 17.6 Å². The average molecular weight is 308 g/mol. The van der Waals surface area contributed by atoms with E-state index in [1.807, 2.05) is 0 Å². The fourth-order valence-electron chi connectivity index (χ4n) is 3.55. The van der Waals surface area contributed by atoms with Gasteiger partial charge in [0.15, 0.2) is 5.76 Å². The van der Waals surface area contributed by atoms with Gasteiger partial charge in [-0.3, -0.25) is 4.79 Å². The van der Waals surface area contributed by atoms with Crippen LogP contribution in [0.5, 0.6) is 0 Å². The predicted molar refractivity (Wildman–Crippen MR) is 80.2 cm³/mol. The summed E-state index contributed by atoms with van der Waals surface area (Å²) in [4.78, 5) is 12.4. The molecule has 0 aromatic carbocycles. The molecule has 6 nitrogen and oxygen atoms in total. The number of aliphatic hydroxyl groups excluding tert-OH is 2. The van der Waals surface area contributed by atoms with Crippen molar-refractivity contribution >= 4 is 5.91 Å². The second kappa shape index (κ2) is 6.81. The van der Waals surface area contributed by atoms with Crippen LogP contribution in [0.25, 0.3) is 0 Å². The van der Waals surface area contributed by atoms with Gasteiger partial charge in [0, 0.05) is 6.04 Å². The number of amides is 1. The quantitative estimate of drug-likeness (QED) is 0.640. The van der Waals surface area contributed by atoms with Crippen LogP contribution in [0.1, 0.15) is 42.0 Å². The molecule has 1 aromatic rings. The largest absolute Gasteiger partial charge is 0.453 e. The van der Waals surface area contributed by atoms with Crippen LogP contribution < -0.4 is 10.6 Å². The summed E-state index contributed by atoms with van der Waals surface area (Å²) in [7, 11) is 0. The van der Waals surface area contributed by atoms with Crippen LogP contribution in [-0.2, 0) is 6.61 Å². The molecule has 2 aliphatic rings. The van der Waals surface area contributed by atoms with Crippen LogP contribution in [0.2, 0.25) is 0 Å². The maximum atomic E-state index is 12.4. The summed E-state index contributed by atoms with van der Waals surface area (Å²) in [5.41, 5.74) is 0. The second-order valence-electron chi connectivity index (χ2n) is 6.40. The number of piperidine rings is 1. The third-order valence-corrected chi connectivity index (χ3v) is 4.89. The minimum absolute atomic E-state index is 0.0840. The van der Waals surface area contributed by atoms with E-state index in [2.05, 4.69) is 10.6 Å². The molecule has 1 saturated heterocycles. The minimum Gasteiger partial charge on any atom is -0.453 e. The molecule has 4 N–H and O–H groups in total. The maximum Gasteiger partial charge on any atom is 0.287 e. The van der Waals surface area contributed by atoms with Gasteiger partial charge in [-0.25, -0.2) is 0 Å². The van der Waals surface area contributed by atoms with Crippen molar-refractivity contribution in [2.75, 3.05) is 13.1 Å². The summed E-state index contributed by atoms with van der Waals surface area (Å²) in [6, 6.07) is 3.29. The highest BCUT2D eigenvalue weighted by Gasteiger charge is 2.39. The number of nitrogens with one attached hydrogen (secondary N) is 2. The number of aliphatic hydroxyl groups is 2. The molecular formula is C16H24N2O4. The summed E-state index contributed by atoms with van der Waals surface area (Å²) in [5, 5.41) is 25.1. The Morgan fingerprint density at radius 3 is 2.64 bits per heavy atom. The lowest BCUT2D eigenvalue weighted by Crippen LogP contribution is -2.52. The third-order valence-electron chi connectivity index (χ3n) is 4.89. The van der Waals surface area contributed by atoms with Crippen molar-refractivity contribution in [1.29, 1.82) is 0 Å². The highest BCUT2D eigenvalue weighted by molar-refractivity contribution is 5.91. The van der Waals surface area contributed by atoms with Crippen LogP contribution in [0.4, 0.5) is 0 Å². The Morgan fingerprint density at radius 1 is 1.32 bits per heavy atom. The third kappa shape index (κ3) is 3.34. The molecular weight excluding hydrogens is 284 g/mol. The van der Waals surface area contributed by atoms with E-state index in [1.54, 1.807) is 12.1 Å². The normalized spacial score (nSPS) is 27.2. The number of hydrogen-bond donors (Lipinski definition) is 4. The van der Waals surface area contributed by atoms with E-state index < -0.39 is 0 Å². The predicted octanol–water partition coefficient (Wildman–Crippen LogP) is 0.641. The molecule has 2 heterocycles. The zero-order chi connectivity index (χ0) is 15.5. The number of carbonyl (C=O) groups excluding carboxylic acids is 1. The fraction of sp³-hybridized carbons (Fsp3) is 0.688. The molecule has 1 aliphatic heterocycles. The molecule has 0 radical (unpaired) electrons. The van der Waals surface area contributed by atoms with Crippen LogP contribution >= 0.6 is 0 Å². The molecule has 1 aromatic heterocycles. The summed E-state index contributed by atoms with van der Waals surface area (Å²) < 4.78 is 5.31. The first kappa shape index (κ1) is 15.5. The molecule has 2 fully saturated rings. The Balaban J connectivity index is 1.67. The van der Waals surface area contributed by atoms with Crippen molar-refractivity contribution in [3.63, 3.8) is 0 Å². The van der Waals surface area contributed by atoms with Gasteiger partial charge >= 0.3 is 0 Å². The summed E-state index contributed by atoms with van der Waals surface area (Å²) >= 11 is 0. The topological polar surface area (TPSA) is 94.7 Å². The van der Waals surface area contributed by atoms with Crippen LogP contribution in [0.3, 0.4) is 0 Å². The van der Waals surface area contributed by atoms with E-state index in [1.165, 1.54) is 0 Å². The number of carbonyl (C=O) groups is 1. The zero-order valence-electron chi connectivity index (χ0n) is 12.6. The van der Waals surface area contributed by atoms with Crippen molar-refractivity contribution in [3.8, 4) is 0 Å². The summed E-state index contributed by atoms with van der Waals surface area (Å²) in [5.74, 6) is 1.18. The van der Waals surface area contributed by atoms with Gasteiger partial charge in [-0.15, -0.1) is 0 Å². The van der Waals surface area contributed by atoms with E-state index in [-0.39, 0.29) is 30.4 Å². The van der Waals surface area contributed by atoms with Gasteiger partial charge in [0.2, 0.25) is 0 Å². The Morgan fingerprint density at radius 2 is 2.05 bits per heavy atom. The number of rotatable bonds is 5. The Bertz CT molecular complexity index is 504. The van der Waals surface area contributed by atoms with E-state index >= 15 is 0 Å². The maximum absolute atomic E-state index is 12.4.